The topological polar surface area (TPSA) is 60.9 Å². The highest BCUT2D eigenvalue weighted by Crippen LogP contribution is 2.21. The van der Waals surface area contributed by atoms with Crippen LogP contribution in [-0.2, 0) is 4.79 Å². The van der Waals surface area contributed by atoms with Gasteiger partial charge in [-0.05, 0) is 33.1 Å². The van der Waals surface area contributed by atoms with Gasteiger partial charge >= 0.3 is 12.0 Å². The van der Waals surface area contributed by atoms with Gasteiger partial charge in [0.2, 0.25) is 0 Å². The van der Waals surface area contributed by atoms with E-state index in [1.807, 2.05) is 13.8 Å². The van der Waals surface area contributed by atoms with Crippen molar-refractivity contribution >= 4 is 12.0 Å². The molecule has 0 aromatic carbocycles. The number of carbonyl (C=O) groups is 2. The normalized spacial score (nSPS) is 20.5. The van der Waals surface area contributed by atoms with E-state index >= 15 is 0 Å². The van der Waals surface area contributed by atoms with Crippen molar-refractivity contribution in [2.75, 3.05) is 13.6 Å². The van der Waals surface area contributed by atoms with Gasteiger partial charge in [0.25, 0.3) is 0 Å². The smallest absolute Gasteiger partial charge is 0.320 e. The van der Waals surface area contributed by atoms with Crippen molar-refractivity contribution < 1.29 is 14.7 Å². The Morgan fingerprint density at radius 1 is 1.41 bits per heavy atom. The second kappa shape index (κ2) is 5.89. The SMILES string of the molecule is CC(C)N(C)C(=O)N1CCCCC1CC(=O)O. The van der Waals surface area contributed by atoms with Gasteiger partial charge in [-0.25, -0.2) is 4.79 Å². The van der Waals surface area contributed by atoms with Crippen LogP contribution < -0.4 is 0 Å². The van der Waals surface area contributed by atoms with E-state index in [4.69, 9.17) is 5.11 Å². The van der Waals surface area contributed by atoms with Crippen molar-refractivity contribution in [3.8, 4) is 0 Å². The van der Waals surface area contributed by atoms with Crippen LogP contribution in [0, 0.1) is 0 Å². The molecule has 0 aromatic rings. The summed E-state index contributed by atoms with van der Waals surface area (Å²) in [7, 11) is 1.76. The van der Waals surface area contributed by atoms with E-state index in [-0.39, 0.29) is 24.5 Å². The molecule has 0 spiro atoms. The number of amides is 2. The molecule has 1 atom stereocenters. The molecule has 17 heavy (non-hydrogen) atoms. The molecule has 5 heteroatoms. The van der Waals surface area contributed by atoms with E-state index in [0.717, 1.165) is 19.3 Å². The molecule has 0 aromatic heterocycles. The van der Waals surface area contributed by atoms with Crippen molar-refractivity contribution in [3.63, 3.8) is 0 Å². The van der Waals surface area contributed by atoms with Crippen LogP contribution in [0.5, 0.6) is 0 Å². The van der Waals surface area contributed by atoms with E-state index in [0.29, 0.717) is 6.54 Å². The van der Waals surface area contributed by atoms with Gasteiger partial charge in [-0.3, -0.25) is 4.79 Å². The first-order chi connectivity index (χ1) is 7.93. The zero-order chi connectivity index (χ0) is 13.0. The summed E-state index contributed by atoms with van der Waals surface area (Å²) in [6.45, 7) is 4.58. The molecule has 0 radical (unpaired) electrons. The Balaban J connectivity index is 2.70. The lowest BCUT2D eigenvalue weighted by molar-refractivity contribution is -0.138. The molecule has 1 aliphatic heterocycles. The molecule has 98 valence electrons. The molecule has 1 N–H and O–H groups in total. The summed E-state index contributed by atoms with van der Waals surface area (Å²) in [6, 6.07) is -0.0594. The van der Waals surface area contributed by atoms with Crippen LogP contribution in [0.3, 0.4) is 0 Å². The largest absolute Gasteiger partial charge is 0.481 e. The molecule has 1 fully saturated rings. The van der Waals surface area contributed by atoms with Gasteiger partial charge in [0.05, 0.1) is 6.42 Å². The quantitative estimate of drug-likeness (QED) is 0.820. The van der Waals surface area contributed by atoms with Gasteiger partial charge in [0.15, 0.2) is 0 Å². The highest BCUT2D eigenvalue weighted by molar-refractivity contribution is 5.76. The second-order valence-electron chi connectivity index (χ2n) is 4.93. The summed E-state index contributed by atoms with van der Waals surface area (Å²) >= 11 is 0. The Hall–Kier alpha value is -1.26. The van der Waals surface area contributed by atoms with Crippen molar-refractivity contribution in [3.05, 3.63) is 0 Å². The predicted molar refractivity (Wildman–Crippen MR) is 64.9 cm³/mol. The number of carbonyl (C=O) groups excluding carboxylic acids is 1. The standard InChI is InChI=1S/C12H22N2O3/c1-9(2)13(3)12(17)14-7-5-4-6-10(14)8-11(15)16/h9-10H,4-8H2,1-3H3,(H,15,16). The summed E-state index contributed by atoms with van der Waals surface area (Å²) < 4.78 is 0. The van der Waals surface area contributed by atoms with Gasteiger partial charge in [-0.15, -0.1) is 0 Å². The van der Waals surface area contributed by atoms with Crippen LogP contribution in [0.1, 0.15) is 39.5 Å². The first kappa shape index (κ1) is 13.8. The number of nitrogens with zero attached hydrogens (tertiary/aromatic N) is 2. The first-order valence-electron chi connectivity index (χ1n) is 6.18. The summed E-state index contributed by atoms with van der Waals surface area (Å²) in [5.41, 5.74) is 0. The zero-order valence-electron chi connectivity index (χ0n) is 10.8. The Morgan fingerprint density at radius 3 is 2.59 bits per heavy atom. The number of aliphatic carboxylic acids is 1. The number of hydrogen-bond donors (Lipinski definition) is 1. The molecular formula is C12H22N2O3. The van der Waals surface area contributed by atoms with E-state index in [2.05, 4.69) is 0 Å². The van der Waals surface area contributed by atoms with Crippen molar-refractivity contribution in [2.45, 2.75) is 51.6 Å². The molecule has 1 heterocycles. The maximum atomic E-state index is 12.2. The number of likely N-dealkylation sites (tertiary alicyclic amines) is 1. The van der Waals surface area contributed by atoms with Crippen molar-refractivity contribution in [2.24, 2.45) is 0 Å². The second-order valence-corrected chi connectivity index (χ2v) is 4.93. The summed E-state index contributed by atoms with van der Waals surface area (Å²) in [4.78, 5) is 26.4. The fourth-order valence-corrected chi connectivity index (χ4v) is 2.09. The predicted octanol–water partition coefficient (Wildman–Crippen LogP) is 1.78. The lowest BCUT2D eigenvalue weighted by Crippen LogP contribution is -2.51. The minimum atomic E-state index is -0.832. The van der Waals surface area contributed by atoms with E-state index in [1.165, 1.54) is 0 Å². The Morgan fingerprint density at radius 2 is 2.06 bits per heavy atom. The Kier molecular flexibility index (Phi) is 4.78. The third-order valence-corrected chi connectivity index (χ3v) is 3.36. The van der Waals surface area contributed by atoms with Gasteiger partial charge in [-0.1, -0.05) is 0 Å². The minimum Gasteiger partial charge on any atom is -0.481 e. The van der Waals surface area contributed by atoms with Crippen LogP contribution in [-0.4, -0.2) is 52.6 Å². The molecule has 0 bridgehead atoms. The number of carboxylic acid groups (broad SMARTS) is 1. The Labute approximate surface area is 102 Å². The van der Waals surface area contributed by atoms with Crippen LogP contribution in [0.2, 0.25) is 0 Å². The average Bonchev–Trinajstić information content (AvgIpc) is 2.27. The van der Waals surface area contributed by atoms with E-state index in [1.54, 1.807) is 16.8 Å². The van der Waals surface area contributed by atoms with Crippen LogP contribution in [0.15, 0.2) is 0 Å². The summed E-state index contributed by atoms with van der Waals surface area (Å²) in [6.07, 6.45) is 2.82. The fourth-order valence-electron chi connectivity index (χ4n) is 2.09. The number of carboxylic acids is 1. The number of rotatable bonds is 3. The highest BCUT2D eigenvalue weighted by atomic mass is 16.4. The van der Waals surface area contributed by atoms with Crippen molar-refractivity contribution in [1.82, 2.24) is 9.80 Å². The third-order valence-electron chi connectivity index (χ3n) is 3.36. The van der Waals surface area contributed by atoms with Gasteiger partial charge in [-0.2, -0.15) is 0 Å². The first-order valence-corrected chi connectivity index (χ1v) is 6.18. The maximum absolute atomic E-state index is 12.2. The van der Waals surface area contributed by atoms with Gasteiger partial charge in [0.1, 0.15) is 0 Å². The van der Waals surface area contributed by atoms with E-state index in [9.17, 15) is 9.59 Å². The van der Waals surface area contributed by atoms with Gasteiger partial charge < -0.3 is 14.9 Å². The molecule has 1 saturated heterocycles. The molecule has 2 amide bonds. The molecular weight excluding hydrogens is 220 g/mol. The fraction of sp³-hybridized carbons (Fsp3) is 0.833. The molecule has 0 aliphatic carbocycles. The monoisotopic (exact) mass is 242 g/mol. The van der Waals surface area contributed by atoms with Crippen LogP contribution in [0.25, 0.3) is 0 Å². The lowest BCUT2D eigenvalue weighted by atomic mass is 10.00. The highest BCUT2D eigenvalue weighted by Gasteiger charge is 2.30. The molecule has 1 rings (SSSR count). The van der Waals surface area contributed by atoms with Crippen LogP contribution >= 0.6 is 0 Å². The summed E-state index contributed by atoms with van der Waals surface area (Å²) in [5, 5.41) is 8.86. The minimum absolute atomic E-state index is 0.0500. The Bertz CT molecular complexity index is 291. The van der Waals surface area contributed by atoms with Crippen molar-refractivity contribution in [1.29, 1.82) is 0 Å². The van der Waals surface area contributed by atoms with Gasteiger partial charge in [0, 0.05) is 25.7 Å². The molecule has 1 unspecified atom stereocenters. The number of urea groups is 1. The average molecular weight is 242 g/mol. The number of hydrogen-bond acceptors (Lipinski definition) is 2. The molecule has 5 nitrogen and oxygen atoms in total. The van der Waals surface area contributed by atoms with Crippen LogP contribution in [0.4, 0.5) is 4.79 Å². The third kappa shape index (κ3) is 3.61. The zero-order valence-corrected chi connectivity index (χ0v) is 10.8. The van der Waals surface area contributed by atoms with E-state index < -0.39 is 5.97 Å². The number of piperidine rings is 1. The summed E-state index contributed by atoms with van der Waals surface area (Å²) in [5.74, 6) is -0.832. The molecule has 0 saturated carbocycles. The molecule has 1 aliphatic rings. The lowest BCUT2D eigenvalue weighted by Gasteiger charge is -2.38. The maximum Gasteiger partial charge on any atom is 0.320 e.